The van der Waals surface area contributed by atoms with E-state index >= 15 is 0 Å². The molecule has 8 heteroatoms. The number of carbonyl (C=O) groups is 1. The van der Waals surface area contributed by atoms with E-state index in [1.807, 2.05) is 29.2 Å². The number of aromatic nitrogens is 1. The molecular weight excluding hydrogens is 418 g/mol. The SMILES string of the molecule is COc1ccc(OC)c(CN2CCN(C(=O)C3CCN(c4ccc(C#N)cn4)CC3)CC2)c1. The van der Waals surface area contributed by atoms with Gasteiger partial charge in [-0.2, -0.15) is 5.26 Å². The Morgan fingerprint density at radius 3 is 2.42 bits per heavy atom. The number of carbonyl (C=O) groups excluding carboxylic acids is 1. The number of methoxy groups -OCH3 is 2. The van der Waals surface area contributed by atoms with Gasteiger partial charge in [-0.3, -0.25) is 9.69 Å². The number of piperidine rings is 1. The summed E-state index contributed by atoms with van der Waals surface area (Å²) in [5.74, 6) is 2.91. The number of piperazine rings is 1. The Morgan fingerprint density at radius 1 is 1.06 bits per heavy atom. The molecule has 0 unspecified atom stereocenters. The standard InChI is InChI=1S/C25H31N5O3/c1-32-22-4-5-23(33-2)21(15-22)18-28-11-13-30(14-12-28)25(31)20-7-9-29(10-8-20)24-6-3-19(16-26)17-27-24/h3-6,15,17,20H,7-14,18H2,1-2H3. The first-order valence-corrected chi connectivity index (χ1v) is 11.4. The van der Waals surface area contributed by atoms with Crippen molar-refractivity contribution < 1.29 is 14.3 Å². The first-order chi connectivity index (χ1) is 16.1. The van der Waals surface area contributed by atoms with Gasteiger partial charge in [0.1, 0.15) is 23.4 Å². The van der Waals surface area contributed by atoms with Gasteiger partial charge < -0.3 is 19.3 Å². The highest BCUT2D eigenvalue weighted by Gasteiger charge is 2.31. The second-order valence-corrected chi connectivity index (χ2v) is 8.56. The van der Waals surface area contributed by atoms with Crippen LogP contribution in [-0.2, 0) is 11.3 Å². The van der Waals surface area contributed by atoms with Crippen molar-refractivity contribution in [2.45, 2.75) is 19.4 Å². The monoisotopic (exact) mass is 449 g/mol. The summed E-state index contributed by atoms with van der Waals surface area (Å²) in [6, 6.07) is 11.6. The van der Waals surface area contributed by atoms with E-state index in [4.69, 9.17) is 14.7 Å². The Hall–Kier alpha value is -3.31. The summed E-state index contributed by atoms with van der Waals surface area (Å²) in [7, 11) is 3.35. The Bertz CT molecular complexity index is 988. The number of rotatable bonds is 6. The number of amides is 1. The lowest BCUT2D eigenvalue weighted by molar-refractivity contribution is -0.138. The average Bonchev–Trinajstić information content (AvgIpc) is 2.89. The zero-order chi connectivity index (χ0) is 23.2. The van der Waals surface area contributed by atoms with Crippen molar-refractivity contribution in [3.05, 3.63) is 47.7 Å². The van der Waals surface area contributed by atoms with Crippen LogP contribution in [0, 0.1) is 17.2 Å². The Morgan fingerprint density at radius 2 is 1.82 bits per heavy atom. The van der Waals surface area contributed by atoms with Crippen LogP contribution in [0.25, 0.3) is 0 Å². The Labute approximate surface area is 195 Å². The van der Waals surface area contributed by atoms with Gasteiger partial charge in [0.2, 0.25) is 5.91 Å². The van der Waals surface area contributed by atoms with Gasteiger partial charge in [0, 0.05) is 63.5 Å². The maximum absolute atomic E-state index is 13.1. The maximum atomic E-state index is 13.1. The van der Waals surface area contributed by atoms with Gasteiger partial charge in [-0.25, -0.2) is 4.98 Å². The van der Waals surface area contributed by atoms with E-state index in [1.165, 1.54) is 0 Å². The highest BCUT2D eigenvalue weighted by molar-refractivity contribution is 5.79. The lowest BCUT2D eigenvalue weighted by atomic mass is 9.95. The molecule has 0 radical (unpaired) electrons. The van der Waals surface area contributed by atoms with Crippen molar-refractivity contribution in [2.24, 2.45) is 5.92 Å². The number of anilines is 1. The minimum atomic E-state index is 0.0738. The van der Waals surface area contributed by atoms with E-state index in [-0.39, 0.29) is 11.8 Å². The van der Waals surface area contributed by atoms with Gasteiger partial charge in [0.15, 0.2) is 0 Å². The van der Waals surface area contributed by atoms with Gasteiger partial charge in [-0.05, 0) is 43.2 Å². The molecule has 2 aliphatic heterocycles. The van der Waals surface area contributed by atoms with E-state index in [0.29, 0.717) is 5.56 Å². The molecule has 8 nitrogen and oxygen atoms in total. The van der Waals surface area contributed by atoms with Crippen molar-refractivity contribution in [1.82, 2.24) is 14.8 Å². The fraction of sp³-hybridized carbons (Fsp3) is 0.480. The predicted molar refractivity (Wildman–Crippen MR) is 125 cm³/mol. The van der Waals surface area contributed by atoms with Crippen molar-refractivity contribution in [3.63, 3.8) is 0 Å². The summed E-state index contributed by atoms with van der Waals surface area (Å²) in [6.45, 7) is 5.60. The third-order valence-electron chi connectivity index (χ3n) is 6.61. The molecule has 1 amide bonds. The molecule has 0 spiro atoms. The maximum Gasteiger partial charge on any atom is 0.225 e. The van der Waals surface area contributed by atoms with Crippen LogP contribution in [0.15, 0.2) is 36.5 Å². The summed E-state index contributed by atoms with van der Waals surface area (Å²) < 4.78 is 10.9. The van der Waals surface area contributed by atoms with Crippen LogP contribution < -0.4 is 14.4 Å². The normalized spacial score (nSPS) is 17.5. The average molecular weight is 450 g/mol. The van der Waals surface area contributed by atoms with E-state index in [2.05, 4.69) is 20.9 Å². The molecule has 2 aromatic rings. The first kappa shape index (κ1) is 22.9. The van der Waals surface area contributed by atoms with E-state index in [1.54, 1.807) is 26.5 Å². The number of ether oxygens (including phenoxy) is 2. The molecule has 2 saturated heterocycles. The number of benzene rings is 1. The minimum Gasteiger partial charge on any atom is -0.497 e. The fourth-order valence-corrected chi connectivity index (χ4v) is 4.63. The molecule has 0 bridgehead atoms. The van der Waals surface area contributed by atoms with Crippen molar-refractivity contribution in [1.29, 1.82) is 5.26 Å². The summed E-state index contributed by atoms with van der Waals surface area (Å²) in [5.41, 5.74) is 1.66. The van der Waals surface area contributed by atoms with Gasteiger partial charge in [-0.1, -0.05) is 0 Å². The number of hydrogen-bond acceptors (Lipinski definition) is 7. The topological polar surface area (TPSA) is 81.9 Å². The van der Waals surface area contributed by atoms with Crippen molar-refractivity contribution >= 4 is 11.7 Å². The summed E-state index contributed by atoms with van der Waals surface area (Å²) in [4.78, 5) is 24.1. The number of nitriles is 1. The van der Waals surface area contributed by atoms with Crippen LogP contribution in [0.3, 0.4) is 0 Å². The number of hydrogen-bond donors (Lipinski definition) is 0. The minimum absolute atomic E-state index is 0.0738. The zero-order valence-electron chi connectivity index (χ0n) is 19.4. The third-order valence-corrected chi connectivity index (χ3v) is 6.61. The quantitative estimate of drug-likeness (QED) is 0.670. The summed E-state index contributed by atoms with van der Waals surface area (Å²) in [5, 5.41) is 8.93. The largest absolute Gasteiger partial charge is 0.497 e. The number of nitrogens with zero attached hydrogens (tertiary/aromatic N) is 5. The highest BCUT2D eigenvalue weighted by atomic mass is 16.5. The molecule has 1 aromatic heterocycles. The lowest BCUT2D eigenvalue weighted by Crippen LogP contribution is -2.51. The van der Waals surface area contributed by atoms with Crippen LogP contribution in [0.2, 0.25) is 0 Å². The molecule has 1 aromatic carbocycles. The van der Waals surface area contributed by atoms with Gasteiger partial charge in [0.25, 0.3) is 0 Å². The summed E-state index contributed by atoms with van der Waals surface area (Å²) in [6.07, 6.45) is 3.27. The van der Waals surface area contributed by atoms with Crippen molar-refractivity contribution in [3.8, 4) is 17.6 Å². The molecule has 0 atom stereocenters. The van der Waals surface area contributed by atoms with Crippen LogP contribution in [0.5, 0.6) is 11.5 Å². The van der Waals surface area contributed by atoms with Gasteiger partial charge in [-0.15, -0.1) is 0 Å². The highest BCUT2D eigenvalue weighted by Crippen LogP contribution is 2.27. The molecular formula is C25H31N5O3. The first-order valence-electron chi connectivity index (χ1n) is 11.4. The summed E-state index contributed by atoms with van der Waals surface area (Å²) >= 11 is 0. The number of pyridine rings is 1. The molecule has 0 saturated carbocycles. The Kier molecular flexibility index (Phi) is 7.30. The predicted octanol–water partition coefficient (Wildman–Crippen LogP) is 2.53. The second-order valence-electron chi connectivity index (χ2n) is 8.56. The molecule has 2 aliphatic rings. The zero-order valence-corrected chi connectivity index (χ0v) is 19.4. The third kappa shape index (κ3) is 5.37. The van der Waals surface area contributed by atoms with Gasteiger partial charge >= 0.3 is 0 Å². The smallest absolute Gasteiger partial charge is 0.225 e. The van der Waals surface area contributed by atoms with Crippen LogP contribution in [0.4, 0.5) is 5.82 Å². The van der Waals surface area contributed by atoms with Crippen molar-refractivity contribution in [2.75, 3.05) is 58.4 Å². The molecule has 0 N–H and O–H groups in total. The lowest BCUT2D eigenvalue weighted by Gasteiger charge is -2.39. The van der Waals surface area contributed by atoms with E-state index < -0.39 is 0 Å². The van der Waals surface area contributed by atoms with Gasteiger partial charge in [0.05, 0.1) is 19.8 Å². The Balaban J connectivity index is 1.26. The molecule has 0 aliphatic carbocycles. The molecule has 174 valence electrons. The van der Waals surface area contributed by atoms with E-state index in [9.17, 15) is 4.79 Å². The molecule has 33 heavy (non-hydrogen) atoms. The fourth-order valence-electron chi connectivity index (χ4n) is 4.63. The van der Waals surface area contributed by atoms with Crippen LogP contribution in [-0.4, -0.2) is 74.2 Å². The molecule has 3 heterocycles. The van der Waals surface area contributed by atoms with Crippen LogP contribution in [0.1, 0.15) is 24.0 Å². The van der Waals surface area contributed by atoms with Crippen LogP contribution >= 0.6 is 0 Å². The second kappa shape index (κ2) is 10.5. The van der Waals surface area contributed by atoms with E-state index in [0.717, 1.165) is 81.5 Å². The molecule has 4 rings (SSSR count). The molecule has 2 fully saturated rings.